The van der Waals surface area contributed by atoms with Crippen LogP contribution in [0.15, 0.2) is 0 Å². The van der Waals surface area contributed by atoms with Gasteiger partial charge in [0.1, 0.15) is 0 Å². The van der Waals surface area contributed by atoms with Gasteiger partial charge in [0.05, 0.1) is 0 Å². The lowest BCUT2D eigenvalue weighted by molar-refractivity contribution is 0.213. The summed E-state index contributed by atoms with van der Waals surface area (Å²) in [4.78, 5) is 0. The van der Waals surface area contributed by atoms with E-state index in [-0.39, 0.29) is 0 Å². The largest absolute Gasteiger partial charge is 0.313 e. The molecular weight excluding hydrogens is 274 g/mol. The third-order valence-electron chi connectivity index (χ3n) is 6.10. The molecule has 0 bridgehead atoms. The molecule has 2 fully saturated rings. The summed E-state index contributed by atoms with van der Waals surface area (Å²) in [6.07, 6.45) is 16.6. The SMILES string of the molecule is CSC1(CNC2CCCC(C(C)(C)C)CC2)CCCCC1. The van der Waals surface area contributed by atoms with E-state index < -0.39 is 0 Å². The van der Waals surface area contributed by atoms with Gasteiger partial charge in [0, 0.05) is 17.3 Å². The zero-order valence-corrected chi connectivity index (χ0v) is 15.7. The first-order valence-corrected chi connectivity index (χ1v) is 10.5. The van der Waals surface area contributed by atoms with Crippen LogP contribution in [0.5, 0.6) is 0 Å². The first-order chi connectivity index (χ1) is 9.95. The smallest absolute Gasteiger partial charge is 0.0281 e. The van der Waals surface area contributed by atoms with Crippen molar-refractivity contribution in [3.63, 3.8) is 0 Å². The second kappa shape index (κ2) is 7.73. The monoisotopic (exact) mass is 311 g/mol. The van der Waals surface area contributed by atoms with Crippen LogP contribution in [0.1, 0.15) is 85.0 Å². The summed E-state index contributed by atoms with van der Waals surface area (Å²) in [6.45, 7) is 8.53. The van der Waals surface area contributed by atoms with Gasteiger partial charge in [0.2, 0.25) is 0 Å². The molecule has 2 aliphatic carbocycles. The normalized spacial score (nSPS) is 30.9. The molecule has 2 rings (SSSR count). The number of hydrogen-bond acceptors (Lipinski definition) is 2. The molecule has 2 atom stereocenters. The molecule has 2 heteroatoms. The van der Waals surface area contributed by atoms with Crippen LogP contribution in [-0.4, -0.2) is 23.6 Å². The Hall–Kier alpha value is 0.310. The quantitative estimate of drug-likeness (QED) is 0.675. The van der Waals surface area contributed by atoms with Gasteiger partial charge in [-0.25, -0.2) is 0 Å². The van der Waals surface area contributed by atoms with E-state index in [2.05, 4.69) is 44.1 Å². The summed E-state index contributed by atoms with van der Waals surface area (Å²) in [5.41, 5.74) is 0.499. The zero-order chi connectivity index (χ0) is 15.3. The van der Waals surface area contributed by atoms with Gasteiger partial charge in [-0.05, 0) is 56.1 Å². The van der Waals surface area contributed by atoms with Crippen molar-refractivity contribution >= 4 is 11.8 Å². The van der Waals surface area contributed by atoms with Crippen molar-refractivity contribution in [2.75, 3.05) is 12.8 Å². The fourth-order valence-electron chi connectivity index (χ4n) is 4.35. The molecular formula is C19H37NS. The summed E-state index contributed by atoms with van der Waals surface area (Å²) in [5, 5.41) is 3.97. The van der Waals surface area contributed by atoms with Gasteiger partial charge in [-0.15, -0.1) is 0 Å². The lowest BCUT2D eigenvalue weighted by Crippen LogP contribution is -2.43. The molecule has 0 amide bonds. The average molecular weight is 312 g/mol. The van der Waals surface area contributed by atoms with Crippen LogP contribution >= 0.6 is 11.8 Å². The Morgan fingerprint density at radius 2 is 1.67 bits per heavy atom. The van der Waals surface area contributed by atoms with E-state index in [9.17, 15) is 0 Å². The Morgan fingerprint density at radius 3 is 2.29 bits per heavy atom. The van der Waals surface area contributed by atoms with Gasteiger partial charge in [0.15, 0.2) is 0 Å². The Balaban J connectivity index is 1.80. The highest BCUT2D eigenvalue weighted by Gasteiger charge is 2.32. The van der Waals surface area contributed by atoms with Crippen molar-refractivity contribution < 1.29 is 0 Å². The zero-order valence-electron chi connectivity index (χ0n) is 14.8. The molecule has 2 saturated carbocycles. The van der Waals surface area contributed by atoms with Crippen molar-refractivity contribution in [3.8, 4) is 0 Å². The molecule has 0 spiro atoms. The van der Waals surface area contributed by atoms with Crippen molar-refractivity contribution in [1.29, 1.82) is 0 Å². The van der Waals surface area contributed by atoms with Gasteiger partial charge in [-0.3, -0.25) is 0 Å². The standard InChI is InChI=1S/C19H37NS/c1-18(2,3)16-9-8-10-17(12-11-16)20-15-19(21-4)13-6-5-7-14-19/h16-17,20H,5-15H2,1-4H3. The molecule has 124 valence electrons. The molecule has 0 heterocycles. The second-order valence-electron chi connectivity index (χ2n) is 8.60. The summed E-state index contributed by atoms with van der Waals surface area (Å²) >= 11 is 2.13. The van der Waals surface area contributed by atoms with Gasteiger partial charge in [-0.1, -0.05) is 46.5 Å². The summed E-state index contributed by atoms with van der Waals surface area (Å²) in [7, 11) is 0. The van der Waals surface area contributed by atoms with Gasteiger partial charge in [0.25, 0.3) is 0 Å². The number of hydrogen-bond donors (Lipinski definition) is 1. The van der Waals surface area contributed by atoms with E-state index in [1.54, 1.807) is 0 Å². The molecule has 0 aliphatic heterocycles. The number of nitrogens with one attached hydrogen (secondary N) is 1. The molecule has 21 heavy (non-hydrogen) atoms. The van der Waals surface area contributed by atoms with E-state index in [1.165, 1.54) is 70.8 Å². The average Bonchev–Trinajstić information content (AvgIpc) is 2.71. The number of rotatable bonds is 4. The minimum Gasteiger partial charge on any atom is -0.313 e. The molecule has 2 aliphatic rings. The lowest BCUT2D eigenvalue weighted by atomic mass is 9.76. The van der Waals surface area contributed by atoms with Crippen molar-refractivity contribution in [2.45, 2.75) is 95.8 Å². The van der Waals surface area contributed by atoms with Crippen molar-refractivity contribution in [2.24, 2.45) is 11.3 Å². The third kappa shape index (κ3) is 5.16. The minimum atomic E-state index is 0.499. The van der Waals surface area contributed by atoms with E-state index in [4.69, 9.17) is 0 Å². The van der Waals surface area contributed by atoms with Crippen LogP contribution in [0.2, 0.25) is 0 Å². The van der Waals surface area contributed by atoms with Crippen molar-refractivity contribution in [1.82, 2.24) is 5.32 Å². The highest BCUT2D eigenvalue weighted by molar-refractivity contribution is 8.00. The molecule has 0 radical (unpaired) electrons. The van der Waals surface area contributed by atoms with E-state index in [0.717, 1.165) is 12.0 Å². The highest BCUT2D eigenvalue weighted by atomic mass is 32.2. The van der Waals surface area contributed by atoms with E-state index >= 15 is 0 Å². The molecule has 1 nitrogen and oxygen atoms in total. The molecule has 0 saturated heterocycles. The summed E-state index contributed by atoms with van der Waals surface area (Å²) < 4.78 is 0.550. The van der Waals surface area contributed by atoms with Crippen LogP contribution in [0.3, 0.4) is 0 Å². The highest BCUT2D eigenvalue weighted by Crippen LogP contribution is 2.39. The maximum Gasteiger partial charge on any atom is 0.0281 e. The molecule has 0 aromatic heterocycles. The third-order valence-corrected chi connectivity index (χ3v) is 7.52. The minimum absolute atomic E-state index is 0.499. The van der Waals surface area contributed by atoms with Crippen LogP contribution in [0, 0.1) is 11.3 Å². The Bertz CT molecular complexity index is 301. The molecule has 1 N–H and O–H groups in total. The lowest BCUT2D eigenvalue weighted by Gasteiger charge is -2.37. The van der Waals surface area contributed by atoms with Gasteiger partial charge in [-0.2, -0.15) is 11.8 Å². The second-order valence-corrected chi connectivity index (χ2v) is 9.87. The van der Waals surface area contributed by atoms with Gasteiger partial charge >= 0.3 is 0 Å². The maximum absolute atomic E-state index is 3.97. The predicted molar refractivity (Wildman–Crippen MR) is 97.2 cm³/mol. The number of thioether (sulfide) groups is 1. The summed E-state index contributed by atoms with van der Waals surface area (Å²) in [5.74, 6) is 0.925. The first kappa shape index (κ1) is 17.7. The molecule has 0 aromatic rings. The Morgan fingerprint density at radius 1 is 0.952 bits per heavy atom. The molecule has 0 aromatic carbocycles. The first-order valence-electron chi connectivity index (χ1n) is 9.24. The topological polar surface area (TPSA) is 12.0 Å². The Labute approximate surface area is 137 Å². The van der Waals surface area contributed by atoms with Gasteiger partial charge < -0.3 is 5.32 Å². The fraction of sp³-hybridized carbons (Fsp3) is 1.00. The Kier molecular flexibility index (Phi) is 6.50. The predicted octanol–water partition coefficient (Wildman–Crippen LogP) is 5.64. The fourth-order valence-corrected chi connectivity index (χ4v) is 5.28. The van der Waals surface area contributed by atoms with Crippen LogP contribution in [-0.2, 0) is 0 Å². The van der Waals surface area contributed by atoms with Crippen LogP contribution in [0.4, 0.5) is 0 Å². The molecule has 2 unspecified atom stereocenters. The van der Waals surface area contributed by atoms with Crippen LogP contribution < -0.4 is 5.32 Å². The van der Waals surface area contributed by atoms with E-state index in [0.29, 0.717) is 10.2 Å². The van der Waals surface area contributed by atoms with Crippen LogP contribution in [0.25, 0.3) is 0 Å². The van der Waals surface area contributed by atoms with Crippen molar-refractivity contribution in [3.05, 3.63) is 0 Å². The maximum atomic E-state index is 3.97. The summed E-state index contributed by atoms with van der Waals surface area (Å²) in [6, 6.07) is 0.781. The van der Waals surface area contributed by atoms with E-state index in [1.807, 2.05) is 0 Å².